The quantitative estimate of drug-likeness (QED) is 0.240. The first kappa shape index (κ1) is 29.9. The molecule has 1 aliphatic rings. The van der Waals surface area contributed by atoms with Gasteiger partial charge < -0.3 is 29.0 Å². The molecule has 1 N–H and O–H groups in total. The number of amides is 1. The smallest absolute Gasteiger partial charge is 0.497 e. The lowest BCUT2D eigenvalue weighted by molar-refractivity contribution is -0.191. The Hall–Kier alpha value is -4.04. The van der Waals surface area contributed by atoms with Crippen molar-refractivity contribution in [1.82, 2.24) is 4.90 Å². The molecule has 41 heavy (non-hydrogen) atoms. The summed E-state index contributed by atoms with van der Waals surface area (Å²) in [6.07, 6.45) is -0.513. The number of β-lactam (4-membered cyclic amide) rings is 1. The van der Waals surface area contributed by atoms with Gasteiger partial charge in [0, 0.05) is 6.04 Å². The van der Waals surface area contributed by atoms with E-state index < -0.39 is 29.8 Å². The molecule has 0 radical (unpaired) electrons. The molecule has 1 fully saturated rings. The van der Waals surface area contributed by atoms with E-state index in [1.165, 1.54) is 0 Å². The van der Waals surface area contributed by atoms with Crippen molar-refractivity contribution in [2.45, 2.75) is 64.0 Å². The van der Waals surface area contributed by atoms with Gasteiger partial charge in [-0.3, -0.25) is 4.79 Å². The molecule has 218 valence electrons. The number of ether oxygens (including phenoxy) is 4. The van der Waals surface area contributed by atoms with Gasteiger partial charge in [0.25, 0.3) is 0 Å². The Bertz CT molecular complexity index is 1240. The second-order valence-electron chi connectivity index (χ2n) is 11.0. The molecule has 1 saturated heterocycles. The van der Waals surface area contributed by atoms with Gasteiger partial charge in [-0.25, -0.2) is 4.79 Å². The van der Waals surface area contributed by atoms with E-state index in [1.807, 2.05) is 78.9 Å². The molecule has 0 bridgehead atoms. The maximum Gasteiger partial charge on any atom is 0.508 e. The number of hydrogen-bond donors (Lipinski definition) is 1. The van der Waals surface area contributed by atoms with Gasteiger partial charge in [-0.15, -0.1) is 0 Å². The van der Waals surface area contributed by atoms with Crippen molar-refractivity contribution in [2.75, 3.05) is 14.2 Å². The molecule has 8 heteroatoms. The SMILES string of the molecule is COc1ccc(CC(Cc2ccc(OC)cc2)N2C(=O)[C@H]([C@@H](C)OC(=O)OCc3ccccc3)[C@H]2C(C)(C)O)cc1. The van der Waals surface area contributed by atoms with Crippen LogP contribution >= 0.6 is 0 Å². The lowest BCUT2D eigenvalue weighted by Gasteiger charge is -2.56. The second kappa shape index (κ2) is 13.1. The molecule has 8 nitrogen and oxygen atoms in total. The average Bonchev–Trinajstić information content (AvgIpc) is 2.95. The van der Waals surface area contributed by atoms with Crippen LogP contribution in [0.25, 0.3) is 0 Å². The Labute approximate surface area is 241 Å². The summed E-state index contributed by atoms with van der Waals surface area (Å²) < 4.78 is 21.4. The third-order valence-electron chi connectivity index (χ3n) is 7.54. The van der Waals surface area contributed by atoms with Crippen molar-refractivity contribution in [3.63, 3.8) is 0 Å². The summed E-state index contributed by atoms with van der Waals surface area (Å²) in [5, 5.41) is 11.3. The zero-order valence-electron chi connectivity index (χ0n) is 24.3. The summed E-state index contributed by atoms with van der Waals surface area (Å²) in [4.78, 5) is 28.0. The summed E-state index contributed by atoms with van der Waals surface area (Å²) in [6.45, 7) is 5.10. The van der Waals surface area contributed by atoms with Gasteiger partial charge in [-0.1, -0.05) is 54.6 Å². The predicted molar refractivity (Wildman–Crippen MR) is 155 cm³/mol. The molecule has 0 aromatic heterocycles. The van der Waals surface area contributed by atoms with Gasteiger partial charge >= 0.3 is 6.16 Å². The van der Waals surface area contributed by atoms with Crippen LogP contribution in [0.15, 0.2) is 78.9 Å². The van der Waals surface area contributed by atoms with Gasteiger partial charge in [0.2, 0.25) is 5.91 Å². The first-order valence-corrected chi connectivity index (χ1v) is 13.8. The Balaban J connectivity index is 1.53. The zero-order valence-corrected chi connectivity index (χ0v) is 24.3. The maximum absolute atomic E-state index is 13.8. The molecule has 3 atom stereocenters. The van der Waals surface area contributed by atoms with E-state index in [0.717, 1.165) is 28.2 Å². The van der Waals surface area contributed by atoms with Crippen LogP contribution in [0.4, 0.5) is 4.79 Å². The van der Waals surface area contributed by atoms with E-state index in [0.29, 0.717) is 12.8 Å². The predicted octanol–water partition coefficient (Wildman–Crippen LogP) is 5.20. The molecule has 0 aliphatic carbocycles. The first-order valence-electron chi connectivity index (χ1n) is 13.8. The number of hydrogen-bond acceptors (Lipinski definition) is 7. The van der Waals surface area contributed by atoms with Gasteiger partial charge in [-0.05, 0) is 74.6 Å². The van der Waals surface area contributed by atoms with E-state index in [1.54, 1.807) is 39.9 Å². The number of carbonyl (C=O) groups excluding carboxylic acids is 2. The molecule has 0 unspecified atom stereocenters. The molecule has 3 aromatic rings. The zero-order chi connectivity index (χ0) is 29.6. The Morgan fingerprint density at radius 3 is 1.83 bits per heavy atom. The topological polar surface area (TPSA) is 94.5 Å². The Morgan fingerprint density at radius 2 is 1.37 bits per heavy atom. The summed E-state index contributed by atoms with van der Waals surface area (Å²) in [6, 6.07) is 24.0. The summed E-state index contributed by atoms with van der Waals surface area (Å²) in [5.41, 5.74) is 1.65. The van der Waals surface area contributed by atoms with Gasteiger partial charge in [0.15, 0.2) is 0 Å². The van der Waals surface area contributed by atoms with Crippen molar-refractivity contribution in [3.05, 3.63) is 95.6 Å². The number of benzene rings is 3. The van der Waals surface area contributed by atoms with Crippen molar-refractivity contribution in [1.29, 1.82) is 0 Å². The molecule has 4 rings (SSSR count). The van der Waals surface area contributed by atoms with E-state index in [2.05, 4.69) is 0 Å². The van der Waals surface area contributed by atoms with Crippen molar-refractivity contribution in [3.8, 4) is 11.5 Å². The number of carbonyl (C=O) groups is 2. The third-order valence-corrected chi connectivity index (χ3v) is 7.54. The van der Waals surface area contributed by atoms with E-state index >= 15 is 0 Å². The minimum absolute atomic E-state index is 0.0673. The molecule has 1 amide bonds. The minimum atomic E-state index is -1.25. The lowest BCUT2D eigenvalue weighted by atomic mass is 9.73. The molecule has 0 saturated carbocycles. The largest absolute Gasteiger partial charge is 0.508 e. The van der Waals surface area contributed by atoms with Crippen LogP contribution in [0.5, 0.6) is 11.5 Å². The molecular formula is C33H39NO7. The molecule has 1 heterocycles. The van der Waals surface area contributed by atoms with Crippen molar-refractivity contribution >= 4 is 12.1 Å². The number of methoxy groups -OCH3 is 2. The highest BCUT2D eigenvalue weighted by Crippen LogP contribution is 2.41. The van der Waals surface area contributed by atoms with Gasteiger partial charge in [0.1, 0.15) is 24.2 Å². The Kier molecular flexibility index (Phi) is 9.55. The average molecular weight is 562 g/mol. The van der Waals surface area contributed by atoms with E-state index in [4.69, 9.17) is 18.9 Å². The number of aliphatic hydroxyl groups is 1. The number of likely N-dealkylation sites (tertiary alicyclic amines) is 1. The number of nitrogens with zero attached hydrogens (tertiary/aromatic N) is 1. The van der Waals surface area contributed by atoms with Gasteiger partial charge in [0.05, 0.1) is 31.8 Å². The van der Waals surface area contributed by atoms with Crippen molar-refractivity contribution in [2.24, 2.45) is 5.92 Å². The molecule has 1 aliphatic heterocycles. The van der Waals surface area contributed by atoms with E-state index in [9.17, 15) is 14.7 Å². The molecular weight excluding hydrogens is 522 g/mol. The van der Waals surface area contributed by atoms with Crippen molar-refractivity contribution < 1.29 is 33.6 Å². The first-order chi connectivity index (χ1) is 19.6. The fraction of sp³-hybridized carbons (Fsp3) is 0.394. The third kappa shape index (κ3) is 7.38. The molecule has 3 aromatic carbocycles. The van der Waals surface area contributed by atoms with Crippen LogP contribution in [-0.4, -0.2) is 60.1 Å². The monoisotopic (exact) mass is 561 g/mol. The second-order valence-corrected chi connectivity index (χ2v) is 11.0. The van der Waals surface area contributed by atoms with Crippen LogP contribution in [-0.2, 0) is 33.7 Å². The highest BCUT2D eigenvalue weighted by Gasteiger charge is 2.58. The fourth-order valence-corrected chi connectivity index (χ4v) is 5.49. The lowest BCUT2D eigenvalue weighted by Crippen LogP contribution is -2.74. The van der Waals surface area contributed by atoms with Gasteiger partial charge in [-0.2, -0.15) is 0 Å². The summed E-state index contributed by atoms with van der Waals surface area (Å²) >= 11 is 0. The van der Waals surface area contributed by atoms with Crippen LogP contribution in [0.2, 0.25) is 0 Å². The normalized spacial score (nSPS) is 17.5. The highest BCUT2D eigenvalue weighted by molar-refractivity contribution is 5.88. The Morgan fingerprint density at radius 1 is 0.854 bits per heavy atom. The minimum Gasteiger partial charge on any atom is -0.497 e. The molecule has 0 spiro atoms. The highest BCUT2D eigenvalue weighted by atomic mass is 16.7. The van der Waals surface area contributed by atoms with Crippen LogP contribution in [0.1, 0.15) is 37.5 Å². The maximum atomic E-state index is 13.8. The van der Waals surface area contributed by atoms with Crippen LogP contribution < -0.4 is 9.47 Å². The van der Waals surface area contributed by atoms with Crippen LogP contribution in [0, 0.1) is 5.92 Å². The standard InChI is InChI=1S/C33H39NO7/c1-22(41-32(36)40-21-25-9-7-6-8-10-25)29-30(33(2,3)37)34(31(29)35)26(19-23-11-15-27(38-4)16-12-23)20-24-13-17-28(39-5)18-14-24/h6-18,22,26,29-30,37H,19-21H2,1-5H3/t22-,29-,30+/m1/s1. The summed E-state index contributed by atoms with van der Waals surface area (Å²) in [7, 11) is 3.24. The number of rotatable bonds is 12. The van der Waals surface area contributed by atoms with Crippen LogP contribution in [0.3, 0.4) is 0 Å². The van der Waals surface area contributed by atoms with E-state index in [-0.39, 0.29) is 18.6 Å². The summed E-state index contributed by atoms with van der Waals surface area (Å²) in [5.74, 6) is 0.612. The fourth-order valence-electron chi connectivity index (χ4n) is 5.49.